The topological polar surface area (TPSA) is 34.1 Å². The van der Waals surface area contributed by atoms with Crippen LogP contribution < -0.4 is 5.32 Å². The Labute approximate surface area is 112 Å². The van der Waals surface area contributed by atoms with E-state index in [4.69, 9.17) is 4.74 Å². The number of nitrogens with zero attached hydrogens (tertiary/aromatic N) is 1. The number of benzene rings is 1. The van der Waals surface area contributed by atoms with Crippen LogP contribution in [0.25, 0.3) is 10.6 Å². The van der Waals surface area contributed by atoms with Crippen molar-refractivity contribution in [3.8, 4) is 10.6 Å². The molecule has 1 heterocycles. The van der Waals surface area contributed by atoms with Crippen molar-refractivity contribution in [2.75, 3.05) is 18.5 Å². The van der Waals surface area contributed by atoms with Gasteiger partial charge in [0.15, 0.2) is 0 Å². The molecule has 0 fully saturated rings. The van der Waals surface area contributed by atoms with E-state index in [0.717, 1.165) is 29.5 Å². The van der Waals surface area contributed by atoms with Crippen molar-refractivity contribution in [1.82, 2.24) is 4.98 Å². The lowest BCUT2D eigenvalue weighted by Gasteiger charge is -2.15. The van der Waals surface area contributed by atoms with Gasteiger partial charge < -0.3 is 10.1 Å². The minimum absolute atomic E-state index is 0.315. The number of aromatic nitrogens is 1. The smallest absolute Gasteiger partial charge is 0.123 e. The first-order chi connectivity index (χ1) is 8.79. The lowest BCUT2D eigenvalue weighted by molar-refractivity contribution is 0.141. The molecule has 1 N–H and O–H groups in total. The minimum atomic E-state index is 0.315. The molecule has 18 heavy (non-hydrogen) atoms. The predicted octanol–water partition coefficient (Wildman–Crippen LogP) is 3.65. The zero-order valence-electron chi connectivity index (χ0n) is 10.7. The second kappa shape index (κ2) is 6.52. The normalized spacial score (nSPS) is 12.3. The quantitative estimate of drug-likeness (QED) is 0.863. The van der Waals surface area contributed by atoms with Gasteiger partial charge in [-0.05, 0) is 38.1 Å². The van der Waals surface area contributed by atoms with Crippen molar-refractivity contribution in [2.45, 2.75) is 19.9 Å². The number of thiazole rings is 1. The molecule has 4 heteroatoms. The predicted molar refractivity (Wildman–Crippen MR) is 77.1 cm³/mol. The van der Waals surface area contributed by atoms with Crippen molar-refractivity contribution in [1.29, 1.82) is 0 Å². The van der Waals surface area contributed by atoms with E-state index in [9.17, 15) is 0 Å². The zero-order valence-corrected chi connectivity index (χ0v) is 11.5. The van der Waals surface area contributed by atoms with Gasteiger partial charge in [0, 0.05) is 35.5 Å². The van der Waals surface area contributed by atoms with Crippen LogP contribution in [0.2, 0.25) is 0 Å². The van der Waals surface area contributed by atoms with E-state index >= 15 is 0 Å². The third-order valence-corrected chi connectivity index (χ3v) is 3.37. The molecule has 96 valence electrons. The van der Waals surface area contributed by atoms with Gasteiger partial charge in [-0.2, -0.15) is 0 Å². The highest BCUT2D eigenvalue weighted by Gasteiger charge is 2.03. The molecule has 0 amide bonds. The molecule has 0 saturated heterocycles. The first-order valence-electron chi connectivity index (χ1n) is 6.14. The minimum Gasteiger partial charge on any atom is -0.380 e. The summed E-state index contributed by atoms with van der Waals surface area (Å²) >= 11 is 1.66. The highest BCUT2D eigenvalue weighted by atomic mass is 32.1. The Balaban J connectivity index is 1.95. The molecule has 0 saturated carbocycles. The molecule has 3 nitrogen and oxygen atoms in total. The van der Waals surface area contributed by atoms with Gasteiger partial charge in [0.2, 0.25) is 0 Å². The Morgan fingerprint density at radius 1 is 1.33 bits per heavy atom. The molecule has 1 atom stereocenters. The van der Waals surface area contributed by atoms with Crippen molar-refractivity contribution in [3.63, 3.8) is 0 Å². The first-order valence-corrected chi connectivity index (χ1v) is 7.01. The summed E-state index contributed by atoms with van der Waals surface area (Å²) in [6, 6.07) is 8.66. The molecule has 1 unspecified atom stereocenters. The van der Waals surface area contributed by atoms with E-state index in [0.29, 0.717) is 6.04 Å². The summed E-state index contributed by atoms with van der Waals surface area (Å²) in [5.41, 5.74) is 2.27. The fourth-order valence-corrected chi connectivity index (χ4v) is 2.34. The Hall–Kier alpha value is -1.39. The summed E-state index contributed by atoms with van der Waals surface area (Å²) in [6.45, 7) is 5.61. The van der Waals surface area contributed by atoms with Gasteiger partial charge in [-0.15, -0.1) is 11.3 Å². The van der Waals surface area contributed by atoms with Crippen LogP contribution in [0.4, 0.5) is 5.69 Å². The van der Waals surface area contributed by atoms with Crippen LogP contribution in [0.1, 0.15) is 13.8 Å². The van der Waals surface area contributed by atoms with E-state index in [1.807, 2.05) is 18.5 Å². The van der Waals surface area contributed by atoms with Crippen molar-refractivity contribution < 1.29 is 4.74 Å². The van der Waals surface area contributed by atoms with E-state index in [1.54, 1.807) is 11.3 Å². The molecule has 1 aromatic heterocycles. The van der Waals surface area contributed by atoms with Gasteiger partial charge in [-0.1, -0.05) is 0 Å². The molecule has 2 aromatic rings. The van der Waals surface area contributed by atoms with Crippen LogP contribution in [0.15, 0.2) is 35.8 Å². The summed E-state index contributed by atoms with van der Waals surface area (Å²) in [5.74, 6) is 0. The van der Waals surface area contributed by atoms with Crippen LogP contribution in [0.5, 0.6) is 0 Å². The number of nitrogens with one attached hydrogen (secondary N) is 1. The van der Waals surface area contributed by atoms with Crippen molar-refractivity contribution in [2.24, 2.45) is 0 Å². The molecule has 0 aliphatic carbocycles. The van der Waals surface area contributed by atoms with Crippen LogP contribution >= 0.6 is 11.3 Å². The third-order valence-electron chi connectivity index (χ3n) is 2.55. The van der Waals surface area contributed by atoms with Crippen LogP contribution in [-0.4, -0.2) is 24.2 Å². The van der Waals surface area contributed by atoms with Gasteiger partial charge in [-0.25, -0.2) is 4.98 Å². The molecule has 0 aliphatic rings. The van der Waals surface area contributed by atoms with Gasteiger partial charge in [0.25, 0.3) is 0 Å². The van der Waals surface area contributed by atoms with Gasteiger partial charge >= 0.3 is 0 Å². The Bertz CT molecular complexity index is 453. The van der Waals surface area contributed by atoms with Gasteiger partial charge in [-0.3, -0.25) is 0 Å². The lowest BCUT2D eigenvalue weighted by atomic mass is 10.2. The second-order valence-corrected chi connectivity index (χ2v) is 5.01. The van der Waals surface area contributed by atoms with Crippen molar-refractivity contribution in [3.05, 3.63) is 35.8 Å². The van der Waals surface area contributed by atoms with E-state index in [2.05, 4.69) is 41.5 Å². The van der Waals surface area contributed by atoms with E-state index < -0.39 is 0 Å². The molecular weight excluding hydrogens is 244 g/mol. The molecule has 1 aromatic carbocycles. The summed E-state index contributed by atoms with van der Waals surface area (Å²) < 4.78 is 5.38. The number of rotatable bonds is 6. The number of hydrogen-bond donors (Lipinski definition) is 1. The molecule has 0 spiro atoms. The van der Waals surface area contributed by atoms with E-state index in [1.165, 1.54) is 0 Å². The van der Waals surface area contributed by atoms with Crippen LogP contribution in [0.3, 0.4) is 0 Å². The standard InChI is InChI=1S/C14H18N2OS/c1-3-17-10-11(2)16-13-6-4-12(5-7-13)14-15-8-9-18-14/h4-9,11,16H,3,10H2,1-2H3. The van der Waals surface area contributed by atoms with Gasteiger partial charge in [0.05, 0.1) is 6.61 Å². The summed E-state index contributed by atoms with van der Waals surface area (Å²) in [7, 11) is 0. The van der Waals surface area contributed by atoms with Crippen molar-refractivity contribution >= 4 is 17.0 Å². The Morgan fingerprint density at radius 3 is 2.72 bits per heavy atom. The average molecular weight is 262 g/mol. The SMILES string of the molecule is CCOCC(C)Nc1ccc(-c2nccs2)cc1. The Kier molecular flexibility index (Phi) is 4.73. The van der Waals surface area contributed by atoms with Crippen LogP contribution in [-0.2, 0) is 4.74 Å². The number of ether oxygens (including phenoxy) is 1. The third kappa shape index (κ3) is 3.55. The lowest BCUT2D eigenvalue weighted by Crippen LogP contribution is -2.21. The highest BCUT2D eigenvalue weighted by Crippen LogP contribution is 2.23. The molecule has 0 bridgehead atoms. The number of hydrogen-bond acceptors (Lipinski definition) is 4. The summed E-state index contributed by atoms with van der Waals surface area (Å²) in [4.78, 5) is 4.30. The largest absolute Gasteiger partial charge is 0.380 e. The highest BCUT2D eigenvalue weighted by molar-refractivity contribution is 7.13. The molecule has 0 radical (unpaired) electrons. The first kappa shape index (κ1) is 13.1. The van der Waals surface area contributed by atoms with Gasteiger partial charge in [0.1, 0.15) is 5.01 Å². The monoisotopic (exact) mass is 262 g/mol. The maximum absolute atomic E-state index is 5.38. The Morgan fingerprint density at radius 2 is 2.11 bits per heavy atom. The second-order valence-electron chi connectivity index (χ2n) is 4.12. The fourth-order valence-electron chi connectivity index (χ4n) is 1.70. The molecular formula is C14H18N2OS. The average Bonchev–Trinajstić information content (AvgIpc) is 2.91. The number of anilines is 1. The van der Waals surface area contributed by atoms with Crippen LogP contribution in [0, 0.1) is 0 Å². The maximum atomic E-state index is 5.38. The summed E-state index contributed by atoms with van der Waals surface area (Å²) in [5, 5.41) is 6.46. The maximum Gasteiger partial charge on any atom is 0.123 e. The fraction of sp³-hybridized carbons (Fsp3) is 0.357. The molecule has 0 aliphatic heterocycles. The summed E-state index contributed by atoms with van der Waals surface area (Å²) in [6.07, 6.45) is 1.83. The van der Waals surface area contributed by atoms with E-state index in [-0.39, 0.29) is 0 Å². The zero-order chi connectivity index (χ0) is 12.8. The molecule has 2 rings (SSSR count).